The van der Waals surface area contributed by atoms with Gasteiger partial charge in [-0.15, -0.1) is 0 Å². The van der Waals surface area contributed by atoms with Crippen LogP contribution < -0.4 is 11.1 Å². The highest BCUT2D eigenvalue weighted by Gasteiger charge is 2.24. The van der Waals surface area contributed by atoms with Crippen molar-refractivity contribution in [1.29, 1.82) is 0 Å². The fraction of sp³-hybridized carbons (Fsp3) is 0.909. The number of nitrogens with one attached hydrogen (secondary N) is 1. The van der Waals surface area contributed by atoms with E-state index in [0.29, 0.717) is 18.9 Å². The molecule has 1 atom stereocenters. The summed E-state index contributed by atoms with van der Waals surface area (Å²) >= 11 is 0. The van der Waals surface area contributed by atoms with Crippen LogP contribution in [0.2, 0.25) is 0 Å². The van der Waals surface area contributed by atoms with E-state index >= 15 is 0 Å². The predicted octanol–water partition coefficient (Wildman–Crippen LogP) is 1.42. The van der Waals surface area contributed by atoms with Crippen molar-refractivity contribution in [3.8, 4) is 0 Å². The first kappa shape index (κ1) is 11.5. The van der Waals surface area contributed by atoms with Crippen molar-refractivity contribution >= 4 is 5.91 Å². The van der Waals surface area contributed by atoms with Crippen molar-refractivity contribution in [2.45, 2.75) is 51.5 Å². The van der Waals surface area contributed by atoms with Crippen LogP contribution in [0.15, 0.2) is 0 Å². The summed E-state index contributed by atoms with van der Waals surface area (Å²) in [5.41, 5.74) is 5.68. The van der Waals surface area contributed by atoms with Gasteiger partial charge in [0.1, 0.15) is 0 Å². The highest BCUT2D eigenvalue weighted by molar-refractivity contribution is 5.76. The van der Waals surface area contributed by atoms with E-state index in [1.807, 2.05) is 6.92 Å². The lowest BCUT2D eigenvalue weighted by Crippen LogP contribution is -2.44. The normalized spacial score (nSPS) is 19.6. The van der Waals surface area contributed by atoms with E-state index in [2.05, 4.69) is 5.32 Å². The Balaban J connectivity index is 2.33. The topological polar surface area (TPSA) is 55.1 Å². The molecule has 0 spiro atoms. The number of nitrogens with two attached hydrogens (primary N) is 1. The zero-order valence-corrected chi connectivity index (χ0v) is 9.09. The SMILES string of the molecule is CCCC(=O)NC(CN)C1CCCC1. The van der Waals surface area contributed by atoms with Crippen LogP contribution in [-0.2, 0) is 4.79 Å². The smallest absolute Gasteiger partial charge is 0.220 e. The van der Waals surface area contributed by atoms with Gasteiger partial charge in [0, 0.05) is 19.0 Å². The Bertz CT molecular complexity index is 176. The van der Waals surface area contributed by atoms with Crippen molar-refractivity contribution in [3.05, 3.63) is 0 Å². The lowest BCUT2D eigenvalue weighted by Gasteiger charge is -2.22. The van der Waals surface area contributed by atoms with Crippen molar-refractivity contribution in [3.63, 3.8) is 0 Å². The molecular weight excluding hydrogens is 176 g/mol. The molecule has 0 aliphatic heterocycles. The third kappa shape index (κ3) is 3.29. The molecule has 3 heteroatoms. The van der Waals surface area contributed by atoms with Gasteiger partial charge in [0.15, 0.2) is 0 Å². The molecule has 0 radical (unpaired) electrons. The molecule has 1 saturated carbocycles. The van der Waals surface area contributed by atoms with Gasteiger partial charge < -0.3 is 11.1 Å². The molecule has 0 aromatic rings. The molecule has 14 heavy (non-hydrogen) atoms. The first-order chi connectivity index (χ1) is 6.77. The second kappa shape index (κ2) is 6.02. The molecule has 1 rings (SSSR count). The Morgan fingerprint density at radius 1 is 1.50 bits per heavy atom. The van der Waals surface area contributed by atoms with Crippen LogP contribution in [0.4, 0.5) is 0 Å². The summed E-state index contributed by atoms with van der Waals surface area (Å²) in [4.78, 5) is 11.4. The molecule has 1 unspecified atom stereocenters. The van der Waals surface area contributed by atoms with Crippen molar-refractivity contribution in [2.75, 3.05) is 6.54 Å². The summed E-state index contributed by atoms with van der Waals surface area (Å²) in [5.74, 6) is 0.788. The van der Waals surface area contributed by atoms with Crippen LogP contribution in [-0.4, -0.2) is 18.5 Å². The van der Waals surface area contributed by atoms with Gasteiger partial charge >= 0.3 is 0 Å². The van der Waals surface area contributed by atoms with Gasteiger partial charge in [-0.3, -0.25) is 4.79 Å². The summed E-state index contributed by atoms with van der Waals surface area (Å²) in [6.45, 7) is 2.60. The minimum atomic E-state index is 0.162. The fourth-order valence-electron chi connectivity index (χ4n) is 2.23. The van der Waals surface area contributed by atoms with Gasteiger partial charge in [-0.05, 0) is 25.2 Å². The van der Waals surface area contributed by atoms with E-state index in [1.54, 1.807) is 0 Å². The number of amides is 1. The van der Waals surface area contributed by atoms with Gasteiger partial charge in [-0.1, -0.05) is 19.8 Å². The molecule has 1 aliphatic carbocycles. The van der Waals surface area contributed by atoms with Gasteiger partial charge in [0.2, 0.25) is 5.91 Å². The Kier molecular flexibility index (Phi) is 4.94. The number of hydrogen-bond donors (Lipinski definition) is 2. The molecule has 0 saturated heterocycles. The summed E-state index contributed by atoms with van der Waals surface area (Å²) < 4.78 is 0. The van der Waals surface area contributed by atoms with Crippen LogP contribution in [0.5, 0.6) is 0 Å². The van der Waals surface area contributed by atoms with Crippen molar-refractivity contribution in [2.24, 2.45) is 11.7 Å². The summed E-state index contributed by atoms with van der Waals surface area (Å²) in [6, 6.07) is 0.219. The zero-order chi connectivity index (χ0) is 10.4. The Morgan fingerprint density at radius 3 is 2.64 bits per heavy atom. The van der Waals surface area contributed by atoms with E-state index in [4.69, 9.17) is 5.73 Å². The molecule has 0 aromatic heterocycles. The predicted molar refractivity (Wildman–Crippen MR) is 57.9 cm³/mol. The standard InChI is InChI=1S/C11H22N2O/c1-2-5-11(14)13-10(8-12)9-6-3-4-7-9/h9-10H,2-8,12H2,1H3,(H,13,14). The lowest BCUT2D eigenvalue weighted by molar-refractivity contribution is -0.122. The molecule has 1 aliphatic rings. The molecule has 1 fully saturated rings. The monoisotopic (exact) mass is 198 g/mol. The summed E-state index contributed by atoms with van der Waals surface area (Å²) in [7, 11) is 0. The molecule has 0 aromatic carbocycles. The highest BCUT2D eigenvalue weighted by atomic mass is 16.1. The Hall–Kier alpha value is -0.570. The van der Waals surface area contributed by atoms with Crippen molar-refractivity contribution in [1.82, 2.24) is 5.32 Å². The average Bonchev–Trinajstić information content (AvgIpc) is 2.67. The fourth-order valence-corrected chi connectivity index (χ4v) is 2.23. The van der Waals surface area contributed by atoms with Crippen LogP contribution in [0.25, 0.3) is 0 Å². The maximum atomic E-state index is 11.4. The van der Waals surface area contributed by atoms with Crippen molar-refractivity contribution < 1.29 is 4.79 Å². The molecule has 0 heterocycles. The number of carbonyl (C=O) groups excluding carboxylic acids is 1. The third-order valence-corrected chi connectivity index (χ3v) is 3.05. The van der Waals surface area contributed by atoms with Crippen LogP contribution in [0, 0.1) is 5.92 Å². The van der Waals surface area contributed by atoms with Crippen LogP contribution in [0.1, 0.15) is 45.4 Å². The Morgan fingerprint density at radius 2 is 2.14 bits per heavy atom. The molecule has 1 amide bonds. The Labute approximate surface area is 86.4 Å². The quantitative estimate of drug-likeness (QED) is 0.702. The minimum Gasteiger partial charge on any atom is -0.352 e. The van der Waals surface area contributed by atoms with E-state index in [-0.39, 0.29) is 11.9 Å². The van der Waals surface area contributed by atoms with Crippen LogP contribution in [0.3, 0.4) is 0 Å². The van der Waals surface area contributed by atoms with E-state index in [0.717, 1.165) is 6.42 Å². The first-order valence-electron chi connectivity index (χ1n) is 5.77. The van der Waals surface area contributed by atoms with Gasteiger partial charge in [0.05, 0.1) is 0 Å². The molecule has 82 valence electrons. The maximum Gasteiger partial charge on any atom is 0.220 e. The number of rotatable bonds is 5. The lowest BCUT2D eigenvalue weighted by atomic mass is 9.98. The highest BCUT2D eigenvalue weighted by Crippen LogP contribution is 2.27. The minimum absolute atomic E-state index is 0.162. The molecule has 3 nitrogen and oxygen atoms in total. The van der Waals surface area contributed by atoms with Gasteiger partial charge in [-0.25, -0.2) is 0 Å². The van der Waals surface area contributed by atoms with E-state index in [9.17, 15) is 4.79 Å². The second-order valence-electron chi connectivity index (χ2n) is 4.20. The average molecular weight is 198 g/mol. The molecule has 0 bridgehead atoms. The van der Waals surface area contributed by atoms with Gasteiger partial charge in [-0.2, -0.15) is 0 Å². The summed E-state index contributed by atoms with van der Waals surface area (Å²) in [5, 5.41) is 3.05. The first-order valence-corrected chi connectivity index (χ1v) is 5.77. The van der Waals surface area contributed by atoms with Gasteiger partial charge in [0.25, 0.3) is 0 Å². The third-order valence-electron chi connectivity index (χ3n) is 3.05. The van der Waals surface area contributed by atoms with Crippen LogP contribution >= 0.6 is 0 Å². The maximum absolute atomic E-state index is 11.4. The number of hydrogen-bond acceptors (Lipinski definition) is 2. The molecule has 3 N–H and O–H groups in total. The second-order valence-corrected chi connectivity index (χ2v) is 4.20. The summed E-state index contributed by atoms with van der Waals surface area (Å²) in [6.07, 6.45) is 6.59. The largest absolute Gasteiger partial charge is 0.352 e. The molecular formula is C11H22N2O. The number of carbonyl (C=O) groups is 1. The zero-order valence-electron chi connectivity index (χ0n) is 9.09. The van der Waals surface area contributed by atoms with E-state index in [1.165, 1.54) is 25.7 Å². The van der Waals surface area contributed by atoms with E-state index < -0.39 is 0 Å².